The van der Waals surface area contributed by atoms with Crippen LogP contribution in [0.25, 0.3) is 0 Å². The van der Waals surface area contributed by atoms with Crippen LogP contribution in [0.1, 0.15) is 15.9 Å². The van der Waals surface area contributed by atoms with E-state index in [-0.39, 0.29) is 24.7 Å². The Kier molecular flexibility index (Phi) is 8.32. The fraction of sp³-hybridized carbons (Fsp3) is 0.0870. The van der Waals surface area contributed by atoms with Gasteiger partial charge in [0.25, 0.3) is 5.91 Å². The van der Waals surface area contributed by atoms with Crippen molar-refractivity contribution in [3.63, 3.8) is 0 Å². The monoisotopic (exact) mass is 686 g/mol. The van der Waals surface area contributed by atoms with Gasteiger partial charge in [-0.3, -0.25) is 4.79 Å². The number of amides is 1. The second-order valence-corrected chi connectivity index (χ2v) is 9.98. The van der Waals surface area contributed by atoms with Crippen molar-refractivity contribution in [2.75, 3.05) is 13.4 Å². The van der Waals surface area contributed by atoms with Crippen molar-refractivity contribution in [3.8, 4) is 23.0 Å². The summed E-state index contributed by atoms with van der Waals surface area (Å²) >= 11 is 16.0. The molecule has 0 saturated carbocycles. The summed E-state index contributed by atoms with van der Waals surface area (Å²) < 4.78 is 23.5. The fourth-order valence-electron chi connectivity index (χ4n) is 2.90. The van der Waals surface area contributed by atoms with Gasteiger partial charge < -0.3 is 18.9 Å². The number of fused-ring (bicyclic) bond motifs is 1. The molecule has 4 rings (SSSR count). The summed E-state index contributed by atoms with van der Waals surface area (Å²) in [6, 6.07) is 13.1. The normalized spacial score (nSPS) is 12.0. The van der Waals surface area contributed by atoms with Crippen LogP contribution in [0.2, 0.25) is 5.02 Å². The van der Waals surface area contributed by atoms with Crippen LogP contribution >= 0.6 is 59.4 Å². The van der Waals surface area contributed by atoms with E-state index < -0.39 is 11.9 Å². The number of hydrogen-bond donors (Lipinski definition) is 1. The first-order chi connectivity index (χ1) is 16.8. The smallest absolute Gasteiger partial charge is 0.343 e. The van der Waals surface area contributed by atoms with Gasteiger partial charge in [0, 0.05) is 15.1 Å². The quantitative estimate of drug-likeness (QED) is 0.139. The van der Waals surface area contributed by atoms with Crippen LogP contribution in [-0.2, 0) is 4.79 Å². The lowest BCUT2D eigenvalue weighted by atomic mass is 10.2. The number of hydrogen-bond acceptors (Lipinski definition) is 7. The SMILES string of the molecule is O=C(COc1ccc(Cl)cc1Br)N/N=C/c1cc(Br)cc(Br)c1OC(=O)c1ccc2c(c1)OCO2. The number of rotatable bonds is 7. The third kappa shape index (κ3) is 6.54. The molecule has 0 aromatic heterocycles. The highest BCUT2D eigenvalue weighted by atomic mass is 79.9. The Morgan fingerprint density at radius 3 is 2.63 bits per heavy atom. The van der Waals surface area contributed by atoms with Crippen molar-refractivity contribution in [3.05, 3.63) is 78.1 Å². The Bertz CT molecular complexity index is 1330. The van der Waals surface area contributed by atoms with Crippen molar-refractivity contribution in [1.29, 1.82) is 0 Å². The molecule has 1 amide bonds. The summed E-state index contributed by atoms with van der Waals surface area (Å²) in [7, 11) is 0. The van der Waals surface area contributed by atoms with Crippen molar-refractivity contribution in [2.45, 2.75) is 0 Å². The Morgan fingerprint density at radius 2 is 1.83 bits per heavy atom. The van der Waals surface area contributed by atoms with E-state index in [1.807, 2.05) is 0 Å². The summed E-state index contributed by atoms with van der Waals surface area (Å²) in [5.74, 6) is 0.606. The first kappa shape index (κ1) is 25.5. The van der Waals surface area contributed by atoms with Gasteiger partial charge in [-0.05, 0) is 80.4 Å². The summed E-state index contributed by atoms with van der Waals surface area (Å²) in [5, 5.41) is 4.49. The highest BCUT2D eigenvalue weighted by Gasteiger charge is 2.19. The van der Waals surface area contributed by atoms with E-state index in [0.717, 1.165) is 0 Å². The third-order valence-electron chi connectivity index (χ3n) is 4.49. The zero-order valence-electron chi connectivity index (χ0n) is 17.5. The van der Waals surface area contributed by atoms with Crippen LogP contribution in [0, 0.1) is 0 Å². The van der Waals surface area contributed by atoms with Gasteiger partial charge in [-0.25, -0.2) is 10.2 Å². The molecule has 35 heavy (non-hydrogen) atoms. The predicted octanol–water partition coefficient (Wildman–Crippen LogP) is 6.10. The largest absolute Gasteiger partial charge is 0.483 e. The number of benzene rings is 3. The van der Waals surface area contributed by atoms with E-state index in [9.17, 15) is 9.59 Å². The van der Waals surface area contributed by atoms with Gasteiger partial charge in [0.2, 0.25) is 6.79 Å². The lowest BCUT2D eigenvalue weighted by Gasteiger charge is -2.11. The van der Waals surface area contributed by atoms with Crippen LogP contribution in [0.15, 0.2) is 67.1 Å². The molecule has 0 saturated heterocycles. The molecule has 8 nitrogen and oxygen atoms in total. The predicted molar refractivity (Wildman–Crippen MR) is 140 cm³/mol. The number of ether oxygens (including phenoxy) is 4. The Hall–Kier alpha value is -2.60. The van der Waals surface area contributed by atoms with Gasteiger partial charge in [0.05, 0.1) is 20.7 Å². The topological polar surface area (TPSA) is 95.5 Å². The van der Waals surface area contributed by atoms with Crippen molar-refractivity contribution in [2.24, 2.45) is 5.10 Å². The molecule has 12 heteroatoms. The molecule has 1 heterocycles. The van der Waals surface area contributed by atoms with Gasteiger partial charge >= 0.3 is 5.97 Å². The van der Waals surface area contributed by atoms with Gasteiger partial charge in [-0.15, -0.1) is 0 Å². The highest BCUT2D eigenvalue weighted by molar-refractivity contribution is 9.11. The zero-order valence-corrected chi connectivity index (χ0v) is 23.0. The average molecular weight is 690 g/mol. The van der Waals surface area contributed by atoms with E-state index in [0.29, 0.717) is 41.3 Å². The van der Waals surface area contributed by atoms with Crippen LogP contribution in [-0.4, -0.2) is 31.5 Å². The molecule has 0 unspecified atom stereocenters. The number of carbonyl (C=O) groups excluding carboxylic acids is 2. The van der Waals surface area contributed by atoms with E-state index in [1.54, 1.807) is 48.5 Å². The van der Waals surface area contributed by atoms with Crippen molar-refractivity contribution in [1.82, 2.24) is 5.43 Å². The average Bonchev–Trinajstić information content (AvgIpc) is 3.28. The Morgan fingerprint density at radius 1 is 1.03 bits per heavy atom. The molecule has 3 aromatic rings. The molecular formula is C23H14Br3ClN2O6. The van der Waals surface area contributed by atoms with E-state index >= 15 is 0 Å². The zero-order chi connectivity index (χ0) is 24.9. The maximum absolute atomic E-state index is 12.8. The van der Waals surface area contributed by atoms with Crippen molar-refractivity contribution < 1.29 is 28.5 Å². The molecular weight excluding hydrogens is 675 g/mol. The fourth-order valence-corrected chi connectivity index (χ4v) is 5.04. The molecule has 1 aliphatic rings. The maximum Gasteiger partial charge on any atom is 0.343 e. The number of nitrogens with zero attached hydrogens (tertiary/aromatic N) is 1. The van der Waals surface area contributed by atoms with Gasteiger partial charge in [-0.1, -0.05) is 27.5 Å². The summed E-state index contributed by atoms with van der Waals surface area (Å²) in [4.78, 5) is 24.9. The van der Waals surface area contributed by atoms with Crippen LogP contribution in [0.4, 0.5) is 0 Å². The van der Waals surface area contributed by atoms with Gasteiger partial charge in [-0.2, -0.15) is 5.10 Å². The first-order valence-electron chi connectivity index (χ1n) is 9.81. The second kappa shape index (κ2) is 11.4. The summed E-state index contributed by atoms with van der Waals surface area (Å²) in [6.07, 6.45) is 1.36. The first-order valence-corrected chi connectivity index (χ1v) is 12.6. The highest BCUT2D eigenvalue weighted by Crippen LogP contribution is 2.35. The summed E-state index contributed by atoms with van der Waals surface area (Å²) in [5.41, 5.74) is 3.09. The number of carbonyl (C=O) groups is 2. The van der Waals surface area contributed by atoms with Gasteiger partial charge in [0.15, 0.2) is 23.9 Å². The molecule has 0 aliphatic carbocycles. The Labute approximate surface area is 229 Å². The molecule has 0 atom stereocenters. The lowest BCUT2D eigenvalue weighted by Crippen LogP contribution is -2.24. The molecule has 1 N–H and O–H groups in total. The lowest BCUT2D eigenvalue weighted by molar-refractivity contribution is -0.123. The van der Waals surface area contributed by atoms with Crippen LogP contribution in [0.5, 0.6) is 23.0 Å². The van der Waals surface area contributed by atoms with Crippen LogP contribution in [0.3, 0.4) is 0 Å². The third-order valence-corrected chi connectivity index (χ3v) is 6.39. The van der Waals surface area contributed by atoms with E-state index in [1.165, 1.54) is 6.21 Å². The van der Waals surface area contributed by atoms with Crippen molar-refractivity contribution >= 4 is 77.5 Å². The Balaban J connectivity index is 1.42. The standard InChI is InChI=1S/C23H14Br3ClN2O6/c24-14-5-13(9-28-29-21(30)10-32-18-4-2-15(27)8-16(18)25)22(17(26)7-14)35-23(31)12-1-3-19-20(6-12)34-11-33-19/h1-9H,10-11H2,(H,29,30)/b28-9+. The maximum atomic E-state index is 12.8. The number of nitrogens with one attached hydrogen (secondary N) is 1. The van der Waals surface area contributed by atoms with Crippen LogP contribution < -0.4 is 24.4 Å². The minimum absolute atomic E-state index is 0.0977. The minimum Gasteiger partial charge on any atom is -0.483 e. The molecule has 3 aromatic carbocycles. The molecule has 0 bridgehead atoms. The molecule has 0 spiro atoms. The van der Waals surface area contributed by atoms with Gasteiger partial charge in [0.1, 0.15) is 5.75 Å². The molecule has 1 aliphatic heterocycles. The van der Waals surface area contributed by atoms with E-state index in [4.69, 9.17) is 30.5 Å². The number of esters is 1. The second-order valence-electron chi connectivity index (χ2n) is 6.92. The molecule has 180 valence electrons. The number of halogens is 4. The molecule has 0 radical (unpaired) electrons. The minimum atomic E-state index is -0.605. The molecule has 0 fully saturated rings. The van der Waals surface area contributed by atoms with E-state index in [2.05, 4.69) is 58.3 Å². The number of hydrazone groups is 1. The summed E-state index contributed by atoms with van der Waals surface area (Å²) in [6.45, 7) is -0.174.